The maximum atomic E-state index is 11.6. The van der Waals surface area contributed by atoms with Gasteiger partial charge in [0.2, 0.25) is 0 Å². The van der Waals surface area contributed by atoms with Crippen LogP contribution >= 0.6 is 0 Å². The Hall–Kier alpha value is -0.640. The van der Waals surface area contributed by atoms with Gasteiger partial charge >= 0.3 is 0 Å². The van der Waals surface area contributed by atoms with Gasteiger partial charge in [-0.1, -0.05) is 52.0 Å². The van der Waals surface area contributed by atoms with E-state index in [-0.39, 0.29) is 41.0 Å². The van der Waals surface area contributed by atoms with Crippen LogP contribution in [0.4, 0.5) is 0 Å². The summed E-state index contributed by atoms with van der Waals surface area (Å²) >= 11 is 0. The molecule has 4 fully saturated rings. The lowest BCUT2D eigenvalue weighted by Crippen LogP contribution is -2.59. The summed E-state index contributed by atoms with van der Waals surface area (Å²) in [4.78, 5) is 0. The van der Waals surface area contributed by atoms with Crippen LogP contribution in [0.3, 0.4) is 0 Å². The lowest BCUT2D eigenvalue weighted by molar-refractivity contribution is -0.174. The molecular weight excluding hydrogens is 384 g/mol. The number of rotatable bonds is 4. The number of aliphatic hydroxyl groups excluding tert-OH is 3. The predicted molar refractivity (Wildman–Crippen MR) is 126 cm³/mol. The molecule has 3 heteroatoms. The van der Waals surface area contributed by atoms with Crippen molar-refractivity contribution in [3.8, 4) is 0 Å². The minimum Gasteiger partial charge on any atom is -0.393 e. The third-order valence-corrected chi connectivity index (χ3v) is 10.9. The van der Waals surface area contributed by atoms with Crippen LogP contribution in [0.1, 0.15) is 79.6 Å². The minimum absolute atomic E-state index is 0.0979. The molecule has 0 saturated heterocycles. The van der Waals surface area contributed by atoms with Gasteiger partial charge in [-0.3, -0.25) is 0 Å². The zero-order chi connectivity index (χ0) is 22.7. The molecule has 0 aromatic heterocycles. The summed E-state index contributed by atoms with van der Waals surface area (Å²) in [6.07, 6.45) is 10.7. The van der Waals surface area contributed by atoms with Crippen molar-refractivity contribution in [1.82, 2.24) is 0 Å². The summed E-state index contributed by atoms with van der Waals surface area (Å²) in [6, 6.07) is 0. The van der Waals surface area contributed by atoms with Gasteiger partial charge in [0.05, 0.1) is 18.3 Å². The average molecular weight is 431 g/mol. The van der Waals surface area contributed by atoms with Crippen LogP contribution in [0.25, 0.3) is 0 Å². The summed E-state index contributed by atoms with van der Waals surface area (Å²) in [5.74, 6) is 2.75. The fraction of sp³-hybridized carbons (Fsp3) is 0.857. The summed E-state index contributed by atoms with van der Waals surface area (Å²) in [6.45, 7) is 15.3. The summed E-state index contributed by atoms with van der Waals surface area (Å²) in [5, 5.41) is 33.2. The Bertz CT molecular complexity index is 715. The fourth-order valence-corrected chi connectivity index (χ4v) is 8.81. The first-order valence-corrected chi connectivity index (χ1v) is 12.9. The first-order valence-electron chi connectivity index (χ1n) is 12.9. The zero-order valence-corrected chi connectivity index (χ0v) is 20.4. The van der Waals surface area contributed by atoms with Crippen LogP contribution in [-0.2, 0) is 0 Å². The number of hydrogen-bond donors (Lipinski definition) is 3. The second-order valence-corrected chi connectivity index (χ2v) is 12.4. The molecule has 0 spiro atoms. The Morgan fingerprint density at radius 2 is 1.68 bits per heavy atom. The highest BCUT2D eigenvalue weighted by atomic mass is 16.3. The van der Waals surface area contributed by atoms with Gasteiger partial charge in [0, 0.05) is 5.41 Å². The van der Waals surface area contributed by atoms with E-state index in [1.165, 1.54) is 12.8 Å². The number of hydrogen-bond acceptors (Lipinski definition) is 3. The van der Waals surface area contributed by atoms with Crippen molar-refractivity contribution in [2.75, 3.05) is 0 Å². The van der Waals surface area contributed by atoms with Gasteiger partial charge in [-0.2, -0.15) is 0 Å². The van der Waals surface area contributed by atoms with Crippen LogP contribution < -0.4 is 0 Å². The highest BCUT2D eigenvalue weighted by Gasteiger charge is 2.65. The minimum atomic E-state index is -0.363. The predicted octanol–water partition coefficient (Wildman–Crippen LogP) is 5.35. The first kappa shape index (κ1) is 23.5. The molecule has 4 aliphatic carbocycles. The zero-order valence-electron chi connectivity index (χ0n) is 20.4. The van der Waals surface area contributed by atoms with Gasteiger partial charge in [0.1, 0.15) is 0 Å². The largest absolute Gasteiger partial charge is 0.393 e. The topological polar surface area (TPSA) is 60.7 Å². The van der Waals surface area contributed by atoms with Crippen LogP contribution in [0.2, 0.25) is 0 Å². The molecule has 0 aromatic rings. The van der Waals surface area contributed by atoms with E-state index in [9.17, 15) is 15.3 Å². The number of allylic oxidation sites excluding steroid dienone is 3. The SMILES string of the molecule is C=C(C)C(C)/C=C/C(C)C1C(O)CC2C3CCC4CC(O)CCC4(C)C3CC(O)C21C. The van der Waals surface area contributed by atoms with Crippen molar-refractivity contribution in [1.29, 1.82) is 0 Å². The van der Waals surface area contributed by atoms with E-state index >= 15 is 0 Å². The molecule has 4 saturated carbocycles. The van der Waals surface area contributed by atoms with Crippen LogP contribution in [0, 0.1) is 52.3 Å². The van der Waals surface area contributed by atoms with Crippen molar-refractivity contribution < 1.29 is 15.3 Å². The molecule has 0 aromatic carbocycles. The second-order valence-electron chi connectivity index (χ2n) is 12.4. The van der Waals surface area contributed by atoms with Crippen molar-refractivity contribution in [3.63, 3.8) is 0 Å². The molecule has 0 radical (unpaired) electrons. The Kier molecular flexibility index (Phi) is 6.29. The quantitative estimate of drug-likeness (QED) is 0.527. The van der Waals surface area contributed by atoms with E-state index < -0.39 is 0 Å². The molecule has 0 aliphatic heterocycles. The Labute approximate surface area is 190 Å². The van der Waals surface area contributed by atoms with Gasteiger partial charge < -0.3 is 15.3 Å². The van der Waals surface area contributed by atoms with Gasteiger partial charge in [-0.15, -0.1) is 0 Å². The van der Waals surface area contributed by atoms with Gasteiger partial charge in [0.25, 0.3) is 0 Å². The van der Waals surface area contributed by atoms with Gasteiger partial charge in [0.15, 0.2) is 0 Å². The second kappa shape index (κ2) is 8.29. The standard InChI is InChI=1S/C28H46O3/c1-16(2)17(3)7-8-18(4)26-24(30)14-23-21-10-9-19-13-20(29)11-12-27(19,5)22(21)15-25(31)28(23,26)6/h7-8,17-26,29-31H,1,9-15H2,2-6H3/b8-7+. The molecule has 0 amide bonds. The molecule has 4 aliphatic rings. The van der Waals surface area contributed by atoms with E-state index in [0.29, 0.717) is 29.6 Å². The third kappa shape index (κ3) is 3.67. The van der Waals surface area contributed by atoms with E-state index in [4.69, 9.17) is 0 Å². The molecule has 12 unspecified atom stereocenters. The normalized spacial score (nSPS) is 51.6. The summed E-state index contributed by atoms with van der Waals surface area (Å²) in [7, 11) is 0. The van der Waals surface area contributed by atoms with E-state index in [2.05, 4.69) is 53.3 Å². The molecule has 3 N–H and O–H groups in total. The maximum Gasteiger partial charge on any atom is 0.0603 e. The van der Waals surface area contributed by atoms with E-state index in [0.717, 1.165) is 37.7 Å². The summed E-state index contributed by atoms with van der Waals surface area (Å²) in [5.41, 5.74) is 1.16. The Morgan fingerprint density at radius 1 is 0.968 bits per heavy atom. The molecular formula is C28H46O3. The Morgan fingerprint density at radius 3 is 2.35 bits per heavy atom. The molecule has 31 heavy (non-hydrogen) atoms. The van der Waals surface area contributed by atoms with Gasteiger partial charge in [-0.25, -0.2) is 0 Å². The lowest BCUT2D eigenvalue weighted by atomic mass is 9.43. The average Bonchev–Trinajstić information content (AvgIpc) is 2.99. The van der Waals surface area contributed by atoms with E-state index in [1.54, 1.807) is 0 Å². The monoisotopic (exact) mass is 430 g/mol. The van der Waals surface area contributed by atoms with Crippen LogP contribution in [0.5, 0.6) is 0 Å². The van der Waals surface area contributed by atoms with Crippen molar-refractivity contribution in [3.05, 3.63) is 24.3 Å². The Balaban J connectivity index is 1.60. The first-order chi connectivity index (χ1) is 14.5. The molecule has 3 nitrogen and oxygen atoms in total. The third-order valence-electron chi connectivity index (χ3n) is 10.9. The number of fused-ring (bicyclic) bond motifs is 5. The summed E-state index contributed by atoms with van der Waals surface area (Å²) < 4.78 is 0. The smallest absolute Gasteiger partial charge is 0.0603 e. The molecule has 176 valence electrons. The fourth-order valence-electron chi connectivity index (χ4n) is 8.81. The highest BCUT2D eigenvalue weighted by molar-refractivity contribution is 5.16. The van der Waals surface area contributed by atoms with Gasteiger partial charge in [-0.05, 0) is 98.7 Å². The lowest BCUT2D eigenvalue weighted by Gasteiger charge is -2.62. The maximum absolute atomic E-state index is 11.6. The van der Waals surface area contributed by atoms with E-state index in [1.807, 2.05) is 0 Å². The van der Waals surface area contributed by atoms with Crippen LogP contribution in [-0.4, -0.2) is 33.6 Å². The van der Waals surface area contributed by atoms with Crippen LogP contribution in [0.15, 0.2) is 24.3 Å². The molecule has 12 atom stereocenters. The molecule has 4 rings (SSSR count). The molecule has 0 bridgehead atoms. The van der Waals surface area contributed by atoms with Crippen molar-refractivity contribution in [2.24, 2.45) is 52.3 Å². The van der Waals surface area contributed by atoms with Crippen molar-refractivity contribution in [2.45, 2.75) is 97.9 Å². The number of aliphatic hydroxyl groups is 3. The highest BCUT2D eigenvalue weighted by Crippen LogP contribution is 2.68. The van der Waals surface area contributed by atoms with Crippen molar-refractivity contribution >= 4 is 0 Å². The molecule has 0 heterocycles.